The van der Waals surface area contributed by atoms with Crippen molar-refractivity contribution in [2.45, 2.75) is 13.5 Å². The highest BCUT2D eigenvalue weighted by Crippen LogP contribution is 2.03. The summed E-state index contributed by atoms with van der Waals surface area (Å²) in [6, 6.07) is 3.51. The summed E-state index contributed by atoms with van der Waals surface area (Å²) in [7, 11) is 0. The molecule has 2 aromatic heterocycles. The van der Waals surface area contributed by atoms with Gasteiger partial charge in [-0.15, -0.1) is 0 Å². The summed E-state index contributed by atoms with van der Waals surface area (Å²) in [4.78, 5) is 16.0. The van der Waals surface area contributed by atoms with Gasteiger partial charge in [-0.1, -0.05) is 6.07 Å². The number of rotatable bonds is 5. The number of aryl methyl sites for hydroxylation is 1. The van der Waals surface area contributed by atoms with E-state index in [0.717, 1.165) is 11.1 Å². The summed E-state index contributed by atoms with van der Waals surface area (Å²) in [6.45, 7) is 3.52. The van der Waals surface area contributed by atoms with Crippen LogP contribution in [0.2, 0.25) is 0 Å². The first kappa shape index (κ1) is 13.2. The van der Waals surface area contributed by atoms with Gasteiger partial charge in [0, 0.05) is 31.5 Å². The number of nitrogens with zero attached hydrogens (tertiary/aromatic N) is 3. The van der Waals surface area contributed by atoms with Crippen LogP contribution < -0.4 is 16.6 Å². The summed E-state index contributed by atoms with van der Waals surface area (Å²) in [5.41, 5.74) is 7.94. The van der Waals surface area contributed by atoms with Crippen molar-refractivity contribution < 1.29 is 0 Å². The second-order valence-corrected chi connectivity index (χ2v) is 4.33. The molecule has 0 aliphatic rings. The van der Waals surface area contributed by atoms with Gasteiger partial charge in [-0.2, -0.15) is 5.10 Å². The Morgan fingerprint density at radius 1 is 1.32 bits per heavy atom. The van der Waals surface area contributed by atoms with Crippen molar-refractivity contribution in [2.75, 3.05) is 18.4 Å². The van der Waals surface area contributed by atoms with Crippen LogP contribution in [-0.4, -0.2) is 27.9 Å². The van der Waals surface area contributed by atoms with E-state index in [1.165, 1.54) is 10.7 Å². The van der Waals surface area contributed by atoms with E-state index in [9.17, 15) is 4.79 Å². The zero-order valence-corrected chi connectivity index (χ0v) is 10.8. The number of hydrogen-bond donors (Lipinski definition) is 2. The number of pyridine rings is 1. The normalized spacial score (nSPS) is 10.4. The lowest BCUT2D eigenvalue weighted by atomic mass is 10.2. The first-order valence-corrected chi connectivity index (χ1v) is 6.10. The third-order valence-electron chi connectivity index (χ3n) is 2.61. The van der Waals surface area contributed by atoms with Gasteiger partial charge in [-0.25, -0.2) is 4.68 Å². The van der Waals surface area contributed by atoms with E-state index in [4.69, 9.17) is 5.73 Å². The summed E-state index contributed by atoms with van der Waals surface area (Å²) in [5.74, 6) is 0. The molecule has 0 aromatic carbocycles. The van der Waals surface area contributed by atoms with Crippen LogP contribution in [0.1, 0.15) is 11.1 Å². The lowest BCUT2D eigenvalue weighted by molar-refractivity contribution is 0.637. The minimum Gasteiger partial charge on any atom is -0.382 e. The van der Waals surface area contributed by atoms with Gasteiger partial charge in [0.05, 0.1) is 18.4 Å². The summed E-state index contributed by atoms with van der Waals surface area (Å²) in [6.07, 6.45) is 5.14. The second kappa shape index (κ2) is 6.10. The van der Waals surface area contributed by atoms with Crippen LogP contribution in [0, 0.1) is 6.92 Å². The standard InChI is InChI=1S/C13H17N5O/c1-10-4-11(7-15-6-10)9-18-13(19)5-12(8-17-18)16-3-2-14/h4-8,16H,2-3,9,14H2,1H3. The van der Waals surface area contributed by atoms with Crippen LogP contribution >= 0.6 is 0 Å². The predicted octanol–water partition coefficient (Wildman–Crippen LogP) is 0.366. The van der Waals surface area contributed by atoms with Crippen molar-refractivity contribution in [3.05, 3.63) is 52.2 Å². The SMILES string of the molecule is Cc1cncc(Cn2ncc(NCCN)cc2=O)c1. The Kier molecular flexibility index (Phi) is 4.25. The molecule has 0 aliphatic heterocycles. The fraction of sp³-hybridized carbons (Fsp3) is 0.308. The van der Waals surface area contributed by atoms with Gasteiger partial charge in [-0.05, 0) is 18.1 Å². The molecule has 0 unspecified atom stereocenters. The van der Waals surface area contributed by atoms with Gasteiger partial charge in [0.2, 0.25) is 0 Å². The minimum absolute atomic E-state index is 0.150. The molecule has 6 heteroatoms. The Balaban J connectivity index is 2.15. The van der Waals surface area contributed by atoms with Crippen LogP contribution in [0.15, 0.2) is 35.5 Å². The molecule has 0 aliphatic carbocycles. The Labute approximate surface area is 111 Å². The van der Waals surface area contributed by atoms with Crippen LogP contribution in [0.4, 0.5) is 5.69 Å². The quantitative estimate of drug-likeness (QED) is 0.810. The second-order valence-electron chi connectivity index (χ2n) is 4.33. The zero-order chi connectivity index (χ0) is 13.7. The van der Waals surface area contributed by atoms with Gasteiger partial charge in [0.1, 0.15) is 0 Å². The average molecular weight is 259 g/mol. The largest absolute Gasteiger partial charge is 0.382 e. The molecule has 0 amide bonds. The predicted molar refractivity (Wildman–Crippen MR) is 74.1 cm³/mol. The van der Waals surface area contributed by atoms with Crippen LogP contribution in [0.3, 0.4) is 0 Å². The molecule has 19 heavy (non-hydrogen) atoms. The van der Waals surface area contributed by atoms with Gasteiger partial charge < -0.3 is 11.1 Å². The number of nitrogens with two attached hydrogens (primary N) is 1. The van der Waals surface area contributed by atoms with E-state index in [-0.39, 0.29) is 5.56 Å². The first-order valence-electron chi connectivity index (χ1n) is 6.10. The van der Waals surface area contributed by atoms with E-state index in [0.29, 0.717) is 25.3 Å². The maximum atomic E-state index is 11.9. The molecule has 0 saturated heterocycles. The number of hydrogen-bond acceptors (Lipinski definition) is 5. The van der Waals surface area contributed by atoms with E-state index in [2.05, 4.69) is 15.4 Å². The topological polar surface area (TPSA) is 85.8 Å². The molecule has 2 rings (SSSR count). The summed E-state index contributed by atoms with van der Waals surface area (Å²) in [5, 5.41) is 7.15. The Bertz CT molecular complexity index is 608. The molecule has 2 aromatic rings. The van der Waals surface area contributed by atoms with Crippen molar-refractivity contribution in [3.63, 3.8) is 0 Å². The molecule has 0 radical (unpaired) electrons. The fourth-order valence-corrected chi connectivity index (χ4v) is 1.74. The van der Waals surface area contributed by atoms with E-state index < -0.39 is 0 Å². The molecular formula is C13H17N5O. The molecule has 0 atom stereocenters. The molecule has 3 N–H and O–H groups in total. The number of aromatic nitrogens is 3. The molecular weight excluding hydrogens is 242 g/mol. The molecule has 6 nitrogen and oxygen atoms in total. The number of anilines is 1. The smallest absolute Gasteiger partial charge is 0.269 e. The molecule has 100 valence electrons. The van der Waals surface area contributed by atoms with Crippen molar-refractivity contribution in [2.24, 2.45) is 5.73 Å². The third-order valence-corrected chi connectivity index (χ3v) is 2.61. The Morgan fingerprint density at radius 3 is 2.84 bits per heavy atom. The molecule has 0 saturated carbocycles. The third kappa shape index (κ3) is 3.62. The Hall–Kier alpha value is -2.21. The molecule has 0 fully saturated rings. The van der Waals surface area contributed by atoms with Gasteiger partial charge in [-0.3, -0.25) is 9.78 Å². The van der Waals surface area contributed by atoms with Gasteiger partial charge in [0.15, 0.2) is 0 Å². The van der Waals surface area contributed by atoms with Crippen molar-refractivity contribution in [3.8, 4) is 0 Å². The molecule has 0 spiro atoms. The average Bonchev–Trinajstić information content (AvgIpc) is 2.39. The number of nitrogens with one attached hydrogen (secondary N) is 1. The minimum atomic E-state index is -0.150. The molecule has 2 heterocycles. The van der Waals surface area contributed by atoms with E-state index >= 15 is 0 Å². The van der Waals surface area contributed by atoms with Crippen molar-refractivity contribution in [1.82, 2.24) is 14.8 Å². The highest BCUT2D eigenvalue weighted by molar-refractivity contribution is 5.38. The lowest BCUT2D eigenvalue weighted by Crippen LogP contribution is -2.24. The van der Waals surface area contributed by atoms with Gasteiger partial charge >= 0.3 is 0 Å². The van der Waals surface area contributed by atoms with Crippen LogP contribution in [-0.2, 0) is 6.54 Å². The lowest BCUT2D eigenvalue weighted by Gasteiger charge is -2.07. The van der Waals surface area contributed by atoms with Crippen LogP contribution in [0.5, 0.6) is 0 Å². The highest BCUT2D eigenvalue weighted by atomic mass is 16.1. The van der Waals surface area contributed by atoms with Crippen molar-refractivity contribution >= 4 is 5.69 Å². The van der Waals surface area contributed by atoms with E-state index in [1.807, 2.05) is 13.0 Å². The maximum Gasteiger partial charge on any atom is 0.269 e. The fourth-order valence-electron chi connectivity index (χ4n) is 1.74. The van der Waals surface area contributed by atoms with Crippen LogP contribution in [0.25, 0.3) is 0 Å². The molecule has 0 bridgehead atoms. The monoisotopic (exact) mass is 259 g/mol. The maximum absolute atomic E-state index is 11.9. The van der Waals surface area contributed by atoms with Gasteiger partial charge in [0.25, 0.3) is 5.56 Å². The van der Waals surface area contributed by atoms with Crippen molar-refractivity contribution in [1.29, 1.82) is 0 Å². The zero-order valence-electron chi connectivity index (χ0n) is 10.8. The summed E-state index contributed by atoms with van der Waals surface area (Å²) < 4.78 is 1.41. The highest BCUT2D eigenvalue weighted by Gasteiger charge is 2.02. The Morgan fingerprint density at radius 2 is 2.16 bits per heavy atom. The summed E-state index contributed by atoms with van der Waals surface area (Å²) >= 11 is 0. The first-order chi connectivity index (χ1) is 9.19. The van der Waals surface area contributed by atoms with E-state index in [1.54, 1.807) is 18.6 Å².